The first-order chi connectivity index (χ1) is 9.34. The molecule has 0 radical (unpaired) electrons. The van der Waals surface area contributed by atoms with E-state index >= 15 is 0 Å². The summed E-state index contributed by atoms with van der Waals surface area (Å²) in [6.45, 7) is 1.46. The van der Waals surface area contributed by atoms with Crippen LogP contribution in [-0.2, 0) is 11.0 Å². The molecule has 106 valence electrons. The molecular weight excluding hydrogens is 287 g/mol. The SMILES string of the molecule is CC(=O)SCCC=Cc1ccc(C#N)c(C(F)(F)F)c1. The van der Waals surface area contributed by atoms with Crippen molar-refractivity contribution in [1.29, 1.82) is 5.26 Å². The van der Waals surface area contributed by atoms with Gasteiger partial charge >= 0.3 is 6.18 Å². The fourth-order valence-electron chi connectivity index (χ4n) is 1.49. The topological polar surface area (TPSA) is 40.9 Å². The van der Waals surface area contributed by atoms with Crippen LogP contribution >= 0.6 is 11.8 Å². The number of hydrogen-bond acceptors (Lipinski definition) is 3. The molecule has 0 aliphatic carbocycles. The quantitative estimate of drug-likeness (QED) is 0.780. The molecule has 0 atom stereocenters. The third kappa shape index (κ3) is 5.10. The summed E-state index contributed by atoms with van der Waals surface area (Å²) in [6.07, 6.45) is -0.695. The van der Waals surface area contributed by atoms with Gasteiger partial charge in [0.05, 0.1) is 17.2 Å². The van der Waals surface area contributed by atoms with Gasteiger partial charge in [0.15, 0.2) is 5.12 Å². The summed E-state index contributed by atoms with van der Waals surface area (Å²) in [5.74, 6) is 0.592. The van der Waals surface area contributed by atoms with E-state index < -0.39 is 11.7 Å². The number of allylic oxidation sites excluding steroid dienone is 1. The predicted molar refractivity (Wildman–Crippen MR) is 72.9 cm³/mol. The van der Waals surface area contributed by atoms with Crippen molar-refractivity contribution in [1.82, 2.24) is 0 Å². The Morgan fingerprint density at radius 3 is 2.70 bits per heavy atom. The largest absolute Gasteiger partial charge is 0.417 e. The van der Waals surface area contributed by atoms with E-state index in [1.54, 1.807) is 12.2 Å². The molecule has 0 spiro atoms. The van der Waals surface area contributed by atoms with E-state index in [0.717, 1.165) is 12.1 Å². The Hall–Kier alpha value is -1.74. The zero-order valence-electron chi connectivity index (χ0n) is 10.7. The number of nitriles is 1. The summed E-state index contributed by atoms with van der Waals surface area (Å²) in [5, 5.41) is 8.68. The van der Waals surface area contributed by atoms with Gasteiger partial charge in [0, 0.05) is 12.7 Å². The molecule has 0 aliphatic heterocycles. The molecule has 0 amide bonds. The van der Waals surface area contributed by atoms with Crippen molar-refractivity contribution in [3.63, 3.8) is 0 Å². The zero-order valence-corrected chi connectivity index (χ0v) is 11.5. The van der Waals surface area contributed by atoms with Gasteiger partial charge in [-0.15, -0.1) is 0 Å². The number of nitrogens with zero attached hydrogens (tertiary/aromatic N) is 1. The van der Waals surface area contributed by atoms with Gasteiger partial charge in [0.25, 0.3) is 0 Å². The van der Waals surface area contributed by atoms with Crippen molar-refractivity contribution < 1.29 is 18.0 Å². The third-order valence-corrected chi connectivity index (χ3v) is 3.22. The Bertz CT molecular complexity index is 559. The lowest BCUT2D eigenvalue weighted by atomic mass is 10.0. The molecule has 0 saturated heterocycles. The first-order valence-corrected chi connectivity index (χ1v) is 6.74. The standard InChI is InChI=1S/C14H12F3NOS/c1-10(19)20-7-3-2-4-11-5-6-12(9-18)13(8-11)14(15,16)17/h2,4-6,8H,3,7H2,1H3. The van der Waals surface area contributed by atoms with Crippen LogP contribution in [0.25, 0.3) is 6.08 Å². The van der Waals surface area contributed by atoms with Crippen LogP contribution in [0.4, 0.5) is 13.2 Å². The maximum Gasteiger partial charge on any atom is 0.417 e. The third-order valence-electron chi connectivity index (χ3n) is 2.37. The minimum atomic E-state index is -4.54. The molecule has 0 fully saturated rings. The van der Waals surface area contributed by atoms with Crippen molar-refractivity contribution in [3.8, 4) is 6.07 Å². The molecule has 0 saturated carbocycles. The fourth-order valence-corrected chi connectivity index (χ4v) is 2.03. The van der Waals surface area contributed by atoms with Gasteiger partial charge < -0.3 is 0 Å². The number of thioether (sulfide) groups is 1. The maximum absolute atomic E-state index is 12.7. The van der Waals surface area contributed by atoms with Gasteiger partial charge in [0.2, 0.25) is 0 Å². The van der Waals surface area contributed by atoms with Crippen LogP contribution in [-0.4, -0.2) is 10.9 Å². The number of alkyl halides is 3. The molecule has 0 N–H and O–H groups in total. The highest BCUT2D eigenvalue weighted by molar-refractivity contribution is 8.13. The predicted octanol–water partition coefficient (Wildman–Crippen LogP) is 4.26. The minimum absolute atomic E-state index is 0.0103. The number of carbonyl (C=O) groups is 1. The lowest BCUT2D eigenvalue weighted by molar-refractivity contribution is -0.137. The van der Waals surface area contributed by atoms with Crippen LogP contribution in [0, 0.1) is 11.3 Å². The van der Waals surface area contributed by atoms with E-state index in [-0.39, 0.29) is 10.7 Å². The van der Waals surface area contributed by atoms with E-state index in [2.05, 4.69) is 0 Å². The van der Waals surface area contributed by atoms with Gasteiger partial charge in [-0.25, -0.2) is 0 Å². The van der Waals surface area contributed by atoms with Crippen LogP contribution in [0.15, 0.2) is 24.3 Å². The number of carbonyl (C=O) groups excluding carboxylic acids is 1. The second-order valence-corrected chi connectivity index (χ2v) is 5.22. The van der Waals surface area contributed by atoms with Crippen LogP contribution in [0.2, 0.25) is 0 Å². The molecule has 0 bridgehead atoms. The normalized spacial score (nSPS) is 11.6. The lowest BCUT2D eigenvalue weighted by Gasteiger charge is -2.09. The van der Waals surface area contributed by atoms with Crippen LogP contribution in [0.5, 0.6) is 0 Å². The molecule has 1 rings (SSSR count). The van der Waals surface area contributed by atoms with E-state index in [4.69, 9.17) is 5.26 Å². The molecule has 20 heavy (non-hydrogen) atoms. The number of halogens is 3. The Morgan fingerprint density at radius 1 is 1.45 bits per heavy atom. The number of rotatable bonds is 4. The molecular formula is C14H12F3NOS. The summed E-state index contributed by atoms with van der Waals surface area (Å²) in [5.41, 5.74) is -0.939. The second-order valence-electron chi connectivity index (χ2n) is 3.95. The number of hydrogen-bond donors (Lipinski definition) is 0. The molecule has 6 heteroatoms. The highest BCUT2D eigenvalue weighted by atomic mass is 32.2. The highest BCUT2D eigenvalue weighted by Crippen LogP contribution is 2.32. The monoisotopic (exact) mass is 299 g/mol. The smallest absolute Gasteiger partial charge is 0.288 e. The van der Waals surface area contributed by atoms with E-state index in [0.29, 0.717) is 17.7 Å². The Labute approximate surface area is 119 Å². The van der Waals surface area contributed by atoms with Crippen molar-refractivity contribution in [2.45, 2.75) is 19.5 Å². The summed E-state index contributed by atoms with van der Waals surface area (Å²) in [6, 6.07) is 5.11. The highest BCUT2D eigenvalue weighted by Gasteiger charge is 2.33. The molecule has 1 aromatic carbocycles. The van der Waals surface area contributed by atoms with Gasteiger partial charge in [-0.05, 0) is 24.1 Å². The Kier molecular flexibility index (Phi) is 5.83. The van der Waals surface area contributed by atoms with Crippen LogP contribution in [0.1, 0.15) is 30.0 Å². The molecule has 0 unspecified atom stereocenters. The lowest BCUT2D eigenvalue weighted by Crippen LogP contribution is -2.07. The average Bonchev–Trinajstić information content (AvgIpc) is 2.36. The summed E-state index contributed by atoms with van der Waals surface area (Å²) < 4.78 is 38.2. The van der Waals surface area contributed by atoms with Crippen molar-refractivity contribution >= 4 is 23.0 Å². The first-order valence-electron chi connectivity index (χ1n) is 5.76. The van der Waals surface area contributed by atoms with Crippen molar-refractivity contribution in [3.05, 3.63) is 41.0 Å². The summed E-state index contributed by atoms with van der Waals surface area (Å²) in [7, 11) is 0. The molecule has 0 heterocycles. The second kappa shape index (κ2) is 7.15. The molecule has 1 aromatic rings. The van der Waals surface area contributed by atoms with Gasteiger partial charge in [0.1, 0.15) is 0 Å². The van der Waals surface area contributed by atoms with Gasteiger partial charge in [-0.2, -0.15) is 18.4 Å². The van der Waals surface area contributed by atoms with Crippen LogP contribution in [0.3, 0.4) is 0 Å². The fraction of sp³-hybridized carbons (Fsp3) is 0.286. The minimum Gasteiger partial charge on any atom is -0.288 e. The first kappa shape index (κ1) is 16.3. The molecule has 0 aliphatic rings. The molecule has 2 nitrogen and oxygen atoms in total. The zero-order chi connectivity index (χ0) is 15.2. The van der Waals surface area contributed by atoms with Crippen LogP contribution < -0.4 is 0 Å². The Balaban J connectivity index is 2.80. The van der Waals surface area contributed by atoms with Crippen molar-refractivity contribution in [2.75, 3.05) is 5.75 Å². The van der Waals surface area contributed by atoms with E-state index in [9.17, 15) is 18.0 Å². The average molecular weight is 299 g/mol. The van der Waals surface area contributed by atoms with E-state index in [1.807, 2.05) is 0 Å². The Morgan fingerprint density at radius 2 is 2.15 bits per heavy atom. The van der Waals surface area contributed by atoms with E-state index in [1.165, 1.54) is 30.8 Å². The van der Waals surface area contributed by atoms with Gasteiger partial charge in [-0.1, -0.05) is 30.0 Å². The number of benzene rings is 1. The van der Waals surface area contributed by atoms with Crippen molar-refractivity contribution in [2.24, 2.45) is 0 Å². The maximum atomic E-state index is 12.7. The summed E-state index contributed by atoms with van der Waals surface area (Å²) in [4.78, 5) is 10.7. The summed E-state index contributed by atoms with van der Waals surface area (Å²) >= 11 is 1.17. The molecule has 0 aromatic heterocycles. The van der Waals surface area contributed by atoms with Gasteiger partial charge in [-0.3, -0.25) is 4.79 Å².